The number of benzene rings is 1. The maximum Gasteiger partial charge on any atom is 0.267 e. The summed E-state index contributed by atoms with van der Waals surface area (Å²) in [4.78, 5) is 17.0. The maximum absolute atomic E-state index is 13.0. The van der Waals surface area contributed by atoms with E-state index in [0.29, 0.717) is 50.8 Å². The summed E-state index contributed by atoms with van der Waals surface area (Å²) in [6.45, 7) is 1.06. The highest BCUT2D eigenvalue weighted by molar-refractivity contribution is 7.89. The molecular weight excluding hydrogens is 416 g/mol. The highest BCUT2D eigenvalue weighted by atomic mass is 32.2. The van der Waals surface area contributed by atoms with E-state index < -0.39 is 10.0 Å². The van der Waals surface area contributed by atoms with Gasteiger partial charge in [-0.1, -0.05) is 18.2 Å². The summed E-state index contributed by atoms with van der Waals surface area (Å²) in [6.07, 6.45) is 5.00. The summed E-state index contributed by atoms with van der Waals surface area (Å²) in [7, 11) is -3.70. The van der Waals surface area contributed by atoms with Crippen LogP contribution in [0.3, 0.4) is 0 Å². The Bertz CT molecular complexity index is 1270. The Balaban J connectivity index is 1.30. The summed E-state index contributed by atoms with van der Waals surface area (Å²) in [5, 5.41) is 5.38. The van der Waals surface area contributed by atoms with E-state index in [4.69, 9.17) is 4.74 Å². The van der Waals surface area contributed by atoms with Crippen LogP contribution < -0.4 is 10.3 Å². The number of pyridine rings is 1. The lowest BCUT2D eigenvalue weighted by molar-refractivity contribution is 0.107. The van der Waals surface area contributed by atoms with Gasteiger partial charge in [-0.15, -0.1) is 0 Å². The first-order valence-corrected chi connectivity index (χ1v) is 12.0. The van der Waals surface area contributed by atoms with Crippen molar-refractivity contribution in [2.75, 3.05) is 6.61 Å². The molecule has 3 heterocycles. The lowest BCUT2D eigenvalue weighted by atomic mass is 9.92. The average Bonchev–Trinajstić information content (AvgIpc) is 2.78. The highest BCUT2D eigenvalue weighted by Gasteiger charge is 2.29. The number of rotatable bonds is 4. The van der Waals surface area contributed by atoms with E-state index in [1.165, 1.54) is 0 Å². The summed E-state index contributed by atoms with van der Waals surface area (Å²) < 4.78 is 35.9. The van der Waals surface area contributed by atoms with Crippen molar-refractivity contribution in [1.29, 1.82) is 0 Å². The van der Waals surface area contributed by atoms with Crippen LogP contribution in [0.2, 0.25) is 0 Å². The van der Waals surface area contributed by atoms with Gasteiger partial charge in [-0.25, -0.2) is 17.8 Å². The van der Waals surface area contributed by atoms with E-state index in [2.05, 4.69) is 14.8 Å². The van der Waals surface area contributed by atoms with Crippen molar-refractivity contribution in [2.45, 2.75) is 55.7 Å². The number of aromatic nitrogens is 3. The number of sulfonamides is 1. The van der Waals surface area contributed by atoms with E-state index >= 15 is 0 Å². The van der Waals surface area contributed by atoms with Crippen molar-refractivity contribution in [3.63, 3.8) is 0 Å². The molecule has 9 heteroatoms. The van der Waals surface area contributed by atoms with Gasteiger partial charge in [-0.3, -0.25) is 9.78 Å². The van der Waals surface area contributed by atoms with Gasteiger partial charge in [0, 0.05) is 35.7 Å². The Morgan fingerprint density at radius 3 is 2.74 bits per heavy atom. The molecule has 0 saturated heterocycles. The first kappa shape index (κ1) is 20.3. The molecule has 0 bridgehead atoms. The molecule has 162 valence electrons. The molecule has 31 heavy (non-hydrogen) atoms. The Labute approximate surface area is 180 Å². The topological polar surface area (TPSA) is 103 Å². The fourth-order valence-electron chi connectivity index (χ4n) is 4.50. The van der Waals surface area contributed by atoms with Crippen LogP contribution in [-0.4, -0.2) is 35.8 Å². The zero-order valence-electron chi connectivity index (χ0n) is 17.0. The minimum absolute atomic E-state index is 0.0133. The Kier molecular flexibility index (Phi) is 5.33. The second-order valence-electron chi connectivity index (χ2n) is 8.16. The Morgan fingerprint density at radius 2 is 1.90 bits per heavy atom. The van der Waals surface area contributed by atoms with Gasteiger partial charge in [0.25, 0.3) is 5.56 Å². The second-order valence-corrected chi connectivity index (χ2v) is 9.84. The van der Waals surface area contributed by atoms with E-state index in [1.807, 2.05) is 12.1 Å². The zero-order valence-corrected chi connectivity index (χ0v) is 17.8. The van der Waals surface area contributed by atoms with Crippen molar-refractivity contribution < 1.29 is 13.2 Å². The third-order valence-corrected chi connectivity index (χ3v) is 7.67. The quantitative estimate of drug-likeness (QED) is 0.668. The lowest BCUT2D eigenvalue weighted by Crippen LogP contribution is -2.40. The monoisotopic (exact) mass is 440 g/mol. The minimum atomic E-state index is -3.70. The molecule has 0 spiro atoms. The molecule has 0 amide bonds. The largest absolute Gasteiger partial charge is 0.376 e. The first-order chi connectivity index (χ1) is 15.0. The number of nitrogens with one attached hydrogen (secondary N) is 1. The highest BCUT2D eigenvalue weighted by Crippen LogP contribution is 2.29. The minimum Gasteiger partial charge on any atom is -0.376 e. The molecule has 8 nitrogen and oxygen atoms in total. The Hall–Kier alpha value is -2.62. The van der Waals surface area contributed by atoms with E-state index in [9.17, 15) is 13.2 Å². The van der Waals surface area contributed by atoms with Crippen LogP contribution >= 0.6 is 0 Å². The average molecular weight is 441 g/mol. The van der Waals surface area contributed by atoms with Crippen LogP contribution in [0.1, 0.15) is 43.0 Å². The zero-order chi connectivity index (χ0) is 21.4. The predicted molar refractivity (Wildman–Crippen MR) is 115 cm³/mol. The number of nitrogens with zero attached hydrogens (tertiary/aromatic N) is 3. The van der Waals surface area contributed by atoms with Crippen LogP contribution in [0.25, 0.3) is 10.9 Å². The van der Waals surface area contributed by atoms with Gasteiger partial charge in [-0.05, 0) is 37.8 Å². The van der Waals surface area contributed by atoms with Crippen molar-refractivity contribution in [1.82, 2.24) is 19.5 Å². The standard InChI is InChI=1S/C22H24N4O4S/c27-21-13-16-14-30-12-10-19(16)24-26(21)18-8-6-17(7-9-18)25-31(28,29)20-5-1-3-15-4-2-11-23-22(15)20/h1-5,11,13,17-18,25H,6-10,12,14H2. The van der Waals surface area contributed by atoms with Gasteiger partial charge < -0.3 is 4.74 Å². The maximum atomic E-state index is 13.0. The fraction of sp³-hybridized carbons (Fsp3) is 0.409. The summed E-state index contributed by atoms with van der Waals surface area (Å²) in [5.41, 5.74) is 2.16. The molecule has 0 radical (unpaired) electrons. The second kappa shape index (κ2) is 8.14. The predicted octanol–water partition coefficient (Wildman–Crippen LogP) is 2.33. The summed E-state index contributed by atoms with van der Waals surface area (Å²) in [6, 6.07) is 10.2. The molecule has 3 aromatic rings. The Morgan fingerprint density at radius 1 is 1.10 bits per heavy atom. The van der Waals surface area contributed by atoms with Gasteiger partial charge >= 0.3 is 0 Å². The van der Waals surface area contributed by atoms with E-state index in [0.717, 1.165) is 16.6 Å². The normalized spacial score (nSPS) is 21.7. The molecular formula is C22H24N4O4S. The van der Waals surface area contributed by atoms with Crippen molar-refractivity contribution in [3.05, 3.63) is 64.2 Å². The van der Waals surface area contributed by atoms with Crippen molar-refractivity contribution in [2.24, 2.45) is 0 Å². The number of hydrogen-bond acceptors (Lipinski definition) is 6. The number of para-hydroxylation sites is 1. The van der Waals surface area contributed by atoms with Crippen LogP contribution in [0.15, 0.2) is 52.3 Å². The molecule has 0 atom stereocenters. The molecule has 2 aromatic heterocycles. The molecule has 2 aliphatic rings. The van der Waals surface area contributed by atoms with Crippen LogP contribution in [-0.2, 0) is 27.8 Å². The fourth-order valence-corrected chi connectivity index (χ4v) is 5.99. The van der Waals surface area contributed by atoms with Crippen molar-refractivity contribution in [3.8, 4) is 0 Å². The molecule has 1 aliphatic heterocycles. The van der Waals surface area contributed by atoms with Crippen LogP contribution in [0.4, 0.5) is 0 Å². The summed E-state index contributed by atoms with van der Waals surface area (Å²) in [5.74, 6) is 0. The van der Waals surface area contributed by atoms with Crippen LogP contribution in [0.5, 0.6) is 0 Å². The molecule has 0 unspecified atom stereocenters. The molecule has 1 saturated carbocycles. The molecule has 1 aliphatic carbocycles. The summed E-state index contributed by atoms with van der Waals surface area (Å²) >= 11 is 0. The van der Waals surface area contributed by atoms with Crippen molar-refractivity contribution >= 4 is 20.9 Å². The van der Waals surface area contributed by atoms with E-state index in [-0.39, 0.29) is 22.5 Å². The van der Waals surface area contributed by atoms with Crippen LogP contribution in [0, 0.1) is 0 Å². The first-order valence-electron chi connectivity index (χ1n) is 10.6. The SMILES string of the molecule is O=c1cc2c(nn1C1CCC(NS(=O)(=O)c3cccc4cccnc34)CC1)CCOC2. The van der Waals surface area contributed by atoms with Gasteiger partial charge in [0.15, 0.2) is 0 Å². The number of hydrogen-bond donors (Lipinski definition) is 1. The molecule has 1 aromatic carbocycles. The third kappa shape index (κ3) is 4.00. The molecule has 5 rings (SSSR count). The van der Waals surface area contributed by atoms with Gasteiger partial charge in [0.05, 0.1) is 30.5 Å². The molecule has 1 N–H and O–H groups in total. The van der Waals surface area contributed by atoms with Gasteiger partial charge in [0.2, 0.25) is 10.0 Å². The van der Waals surface area contributed by atoms with Gasteiger partial charge in [-0.2, -0.15) is 5.10 Å². The third-order valence-electron chi connectivity index (χ3n) is 6.11. The molecule has 1 fully saturated rings. The van der Waals surface area contributed by atoms with E-state index in [1.54, 1.807) is 35.1 Å². The smallest absolute Gasteiger partial charge is 0.267 e. The lowest BCUT2D eigenvalue weighted by Gasteiger charge is -2.30. The van der Waals surface area contributed by atoms with Gasteiger partial charge in [0.1, 0.15) is 4.90 Å². The number of fused-ring (bicyclic) bond motifs is 2. The number of ether oxygens (including phenoxy) is 1.